The van der Waals surface area contributed by atoms with E-state index in [1.54, 1.807) is 6.07 Å². The quantitative estimate of drug-likeness (QED) is 0.911. The lowest BCUT2D eigenvalue weighted by molar-refractivity contribution is 0.0912. The van der Waals surface area contributed by atoms with Crippen molar-refractivity contribution in [2.24, 2.45) is 0 Å². The SMILES string of the molecule is CCOc1ccc(C(C)NC(=O)c2ccc(Cl)o2)cc1. The zero-order valence-corrected chi connectivity index (χ0v) is 12.1. The maximum atomic E-state index is 11.9. The number of hydrogen-bond donors (Lipinski definition) is 1. The van der Waals surface area contributed by atoms with Gasteiger partial charge < -0.3 is 14.5 Å². The second-order valence-electron chi connectivity index (χ2n) is 4.30. The molecule has 1 aromatic heterocycles. The molecule has 0 aliphatic heterocycles. The summed E-state index contributed by atoms with van der Waals surface area (Å²) < 4.78 is 10.4. The minimum atomic E-state index is -0.293. The third-order valence-corrected chi connectivity index (χ3v) is 3.04. The lowest BCUT2D eigenvalue weighted by Gasteiger charge is -2.14. The van der Waals surface area contributed by atoms with Gasteiger partial charge in [0, 0.05) is 0 Å². The first-order valence-electron chi connectivity index (χ1n) is 6.39. The molecule has 0 fully saturated rings. The maximum Gasteiger partial charge on any atom is 0.287 e. The van der Waals surface area contributed by atoms with E-state index in [9.17, 15) is 4.79 Å². The molecule has 0 saturated carbocycles. The number of hydrogen-bond acceptors (Lipinski definition) is 3. The molecule has 0 bridgehead atoms. The number of benzene rings is 1. The highest BCUT2D eigenvalue weighted by Gasteiger charge is 2.14. The Hall–Kier alpha value is -1.94. The van der Waals surface area contributed by atoms with Gasteiger partial charge in [0.1, 0.15) is 5.75 Å². The van der Waals surface area contributed by atoms with Gasteiger partial charge in [-0.25, -0.2) is 0 Å². The van der Waals surface area contributed by atoms with E-state index in [-0.39, 0.29) is 22.9 Å². The minimum Gasteiger partial charge on any atom is -0.494 e. The van der Waals surface area contributed by atoms with Gasteiger partial charge in [0.15, 0.2) is 11.0 Å². The number of rotatable bonds is 5. The van der Waals surface area contributed by atoms with Crippen LogP contribution in [0, 0.1) is 0 Å². The molecule has 0 saturated heterocycles. The van der Waals surface area contributed by atoms with E-state index in [1.165, 1.54) is 6.07 Å². The molecule has 2 rings (SSSR count). The van der Waals surface area contributed by atoms with Crippen LogP contribution < -0.4 is 10.1 Å². The summed E-state index contributed by atoms with van der Waals surface area (Å²) in [5, 5.41) is 3.04. The molecule has 106 valence electrons. The van der Waals surface area contributed by atoms with Crippen LogP contribution in [0.1, 0.15) is 36.0 Å². The second kappa shape index (κ2) is 6.48. The number of carbonyl (C=O) groups excluding carboxylic acids is 1. The standard InChI is InChI=1S/C15H16ClNO3/c1-3-19-12-6-4-11(5-7-12)10(2)17-15(18)13-8-9-14(16)20-13/h4-10H,3H2,1-2H3,(H,17,18). The summed E-state index contributed by atoms with van der Waals surface area (Å²) in [5.41, 5.74) is 0.986. The number of furan rings is 1. The number of nitrogens with one attached hydrogen (secondary N) is 1. The lowest BCUT2D eigenvalue weighted by Crippen LogP contribution is -2.26. The molecule has 1 aromatic carbocycles. The fourth-order valence-electron chi connectivity index (χ4n) is 1.81. The van der Waals surface area contributed by atoms with Crippen LogP contribution in [0.15, 0.2) is 40.8 Å². The van der Waals surface area contributed by atoms with Crippen LogP contribution in [0.5, 0.6) is 5.75 Å². The van der Waals surface area contributed by atoms with Crippen molar-refractivity contribution in [1.82, 2.24) is 5.32 Å². The van der Waals surface area contributed by atoms with Crippen molar-refractivity contribution in [1.29, 1.82) is 0 Å². The van der Waals surface area contributed by atoms with Gasteiger partial charge in [-0.3, -0.25) is 4.79 Å². The molecule has 20 heavy (non-hydrogen) atoms. The molecule has 1 N–H and O–H groups in total. The van der Waals surface area contributed by atoms with Gasteiger partial charge in [-0.05, 0) is 55.3 Å². The third kappa shape index (κ3) is 3.54. The van der Waals surface area contributed by atoms with Crippen molar-refractivity contribution in [3.8, 4) is 5.75 Å². The van der Waals surface area contributed by atoms with Crippen molar-refractivity contribution in [3.05, 3.63) is 52.9 Å². The summed E-state index contributed by atoms with van der Waals surface area (Å²) in [4.78, 5) is 11.9. The first-order valence-corrected chi connectivity index (χ1v) is 6.77. The summed E-state index contributed by atoms with van der Waals surface area (Å²) in [7, 11) is 0. The van der Waals surface area contributed by atoms with Gasteiger partial charge in [-0.2, -0.15) is 0 Å². The number of carbonyl (C=O) groups is 1. The predicted molar refractivity (Wildman–Crippen MR) is 77.2 cm³/mol. The van der Waals surface area contributed by atoms with Gasteiger partial charge >= 0.3 is 0 Å². The average Bonchev–Trinajstić information content (AvgIpc) is 2.86. The number of ether oxygens (including phenoxy) is 1. The van der Waals surface area contributed by atoms with E-state index in [4.69, 9.17) is 20.8 Å². The summed E-state index contributed by atoms with van der Waals surface area (Å²) in [6.07, 6.45) is 0. The van der Waals surface area contributed by atoms with E-state index >= 15 is 0 Å². The smallest absolute Gasteiger partial charge is 0.287 e. The molecule has 1 heterocycles. The third-order valence-electron chi connectivity index (χ3n) is 2.84. The van der Waals surface area contributed by atoms with Crippen LogP contribution in [0.25, 0.3) is 0 Å². The number of halogens is 1. The van der Waals surface area contributed by atoms with E-state index in [2.05, 4.69) is 5.32 Å². The molecule has 0 aliphatic rings. The predicted octanol–water partition coefficient (Wildman–Crippen LogP) is 3.82. The van der Waals surface area contributed by atoms with Crippen LogP contribution in [0.3, 0.4) is 0 Å². The van der Waals surface area contributed by atoms with E-state index < -0.39 is 0 Å². The van der Waals surface area contributed by atoms with Gasteiger partial charge in [0.2, 0.25) is 0 Å². The molecule has 4 nitrogen and oxygen atoms in total. The zero-order chi connectivity index (χ0) is 14.5. The van der Waals surface area contributed by atoms with Gasteiger partial charge in [-0.15, -0.1) is 0 Å². The molecule has 5 heteroatoms. The van der Waals surface area contributed by atoms with Crippen molar-refractivity contribution in [3.63, 3.8) is 0 Å². The molecule has 1 unspecified atom stereocenters. The van der Waals surface area contributed by atoms with Crippen LogP contribution >= 0.6 is 11.6 Å². The number of amides is 1. The van der Waals surface area contributed by atoms with Crippen molar-refractivity contribution in [2.45, 2.75) is 19.9 Å². The highest BCUT2D eigenvalue weighted by molar-refractivity contribution is 6.29. The summed E-state index contributed by atoms with van der Waals surface area (Å²) in [5.74, 6) is 0.721. The van der Waals surface area contributed by atoms with E-state index in [0.717, 1.165) is 11.3 Å². The molecular formula is C15H16ClNO3. The van der Waals surface area contributed by atoms with Crippen molar-refractivity contribution < 1.29 is 13.9 Å². The molecule has 0 aliphatic carbocycles. The van der Waals surface area contributed by atoms with Crippen LogP contribution in [-0.4, -0.2) is 12.5 Å². The lowest BCUT2D eigenvalue weighted by atomic mass is 10.1. The van der Waals surface area contributed by atoms with Crippen LogP contribution in [0.4, 0.5) is 0 Å². The van der Waals surface area contributed by atoms with Crippen molar-refractivity contribution >= 4 is 17.5 Å². The minimum absolute atomic E-state index is 0.137. The monoisotopic (exact) mass is 293 g/mol. The Morgan fingerprint density at radius 2 is 2.00 bits per heavy atom. The molecule has 0 radical (unpaired) electrons. The fraction of sp³-hybridized carbons (Fsp3) is 0.267. The second-order valence-corrected chi connectivity index (χ2v) is 4.67. The maximum absolute atomic E-state index is 11.9. The van der Waals surface area contributed by atoms with Gasteiger partial charge in [0.25, 0.3) is 5.91 Å². The summed E-state index contributed by atoms with van der Waals surface area (Å²) in [6, 6.07) is 10.6. The average molecular weight is 294 g/mol. The van der Waals surface area contributed by atoms with E-state index in [0.29, 0.717) is 6.61 Å². The summed E-state index contributed by atoms with van der Waals surface area (Å²) >= 11 is 5.64. The van der Waals surface area contributed by atoms with E-state index in [1.807, 2.05) is 38.1 Å². The molecule has 1 amide bonds. The van der Waals surface area contributed by atoms with Gasteiger partial charge in [0.05, 0.1) is 12.6 Å². The first kappa shape index (κ1) is 14.5. The molecular weight excluding hydrogens is 278 g/mol. The fourth-order valence-corrected chi connectivity index (χ4v) is 1.95. The van der Waals surface area contributed by atoms with Crippen LogP contribution in [-0.2, 0) is 0 Å². The first-order chi connectivity index (χ1) is 9.60. The highest BCUT2D eigenvalue weighted by atomic mass is 35.5. The normalized spacial score (nSPS) is 11.9. The Kier molecular flexibility index (Phi) is 4.69. The Labute approximate surface area is 122 Å². The largest absolute Gasteiger partial charge is 0.494 e. The molecule has 0 spiro atoms. The van der Waals surface area contributed by atoms with Crippen molar-refractivity contribution in [2.75, 3.05) is 6.61 Å². The summed E-state index contributed by atoms with van der Waals surface area (Å²) in [6.45, 7) is 4.47. The highest BCUT2D eigenvalue weighted by Crippen LogP contribution is 2.19. The Bertz CT molecular complexity index is 577. The Balaban J connectivity index is 2.00. The zero-order valence-electron chi connectivity index (χ0n) is 11.4. The Morgan fingerprint density at radius 1 is 1.30 bits per heavy atom. The topological polar surface area (TPSA) is 51.5 Å². The Morgan fingerprint density at radius 3 is 2.55 bits per heavy atom. The van der Waals surface area contributed by atoms with Crippen LogP contribution in [0.2, 0.25) is 5.22 Å². The molecule has 1 atom stereocenters. The molecule has 2 aromatic rings. The van der Waals surface area contributed by atoms with Gasteiger partial charge in [-0.1, -0.05) is 12.1 Å².